The number of methoxy groups -OCH3 is 1. The highest BCUT2D eigenvalue weighted by Gasteiger charge is 2.30. The highest BCUT2D eigenvalue weighted by atomic mass is 16.6. The van der Waals surface area contributed by atoms with Gasteiger partial charge >= 0.3 is 12.1 Å². The molecule has 0 aliphatic heterocycles. The monoisotopic (exact) mass is 408 g/mol. The molecule has 0 aliphatic carbocycles. The molecule has 1 aromatic rings. The number of carbonyl (C=O) groups excluding carboxylic acids is 3. The van der Waals surface area contributed by atoms with Crippen LogP contribution in [-0.2, 0) is 30.4 Å². The molecular weight excluding hydrogens is 376 g/mol. The summed E-state index contributed by atoms with van der Waals surface area (Å²) in [6.45, 7) is 9.05. The summed E-state index contributed by atoms with van der Waals surface area (Å²) in [4.78, 5) is 36.9. The number of rotatable bonds is 9. The first-order chi connectivity index (χ1) is 13.5. The molecule has 0 saturated heterocycles. The highest BCUT2D eigenvalue weighted by molar-refractivity contribution is 5.89. The Balaban J connectivity index is 2.78. The molecule has 29 heavy (non-hydrogen) atoms. The van der Waals surface area contributed by atoms with Crippen molar-refractivity contribution in [2.75, 3.05) is 13.7 Å². The lowest BCUT2D eigenvalue weighted by Crippen LogP contribution is -2.55. The lowest BCUT2D eigenvalue weighted by atomic mass is 10.0. The summed E-state index contributed by atoms with van der Waals surface area (Å²) in [6, 6.07) is 7.30. The molecular formula is C21H32N2O6. The number of hydrogen-bond donors (Lipinski definition) is 2. The van der Waals surface area contributed by atoms with Gasteiger partial charge in [0.25, 0.3) is 0 Å². The van der Waals surface area contributed by atoms with E-state index in [1.165, 1.54) is 7.11 Å². The van der Waals surface area contributed by atoms with Crippen LogP contribution in [0.4, 0.5) is 4.79 Å². The van der Waals surface area contributed by atoms with Crippen molar-refractivity contribution in [2.45, 2.75) is 58.9 Å². The minimum absolute atomic E-state index is 0.0674. The fourth-order valence-electron chi connectivity index (χ4n) is 2.30. The van der Waals surface area contributed by atoms with Crippen LogP contribution in [0.2, 0.25) is 0 Å². The summed E-state index contributed by atoms with van der Waals surface area (Å²) in [5, 5.41) is 5.13. The number of benzene rings is 1. The third kappa shape index (κ3) is 9.43. The van der Waals surface area contributed by atoms with Gasteiger partial charge in [-0.15, -0.1) is 0 Å². The summed E-state index contributed by atoms with van der Waals surface area (Å²) in [5.41, 5.74) is 0.300. The molecule has 1 aromatic carbocycles. The number of carbonyl (C=O) groups is 3. The van der Waals surface area contributed by atoms with Crippen molar-refractivity contribution in [1.29, 1.82) is 0 Å². The maximum atomic E-state index is 12.7. The Morgan fingerprint density at radius 3 is 2.17 bits per heavy atom. The molecule has 0 heterocycles. The standard InChI is InChI=1S/C21H32N2O6/c1-14(2)17(19(25)27-6)23-18(24)16(13-29-21(3,4)5)22-20(26)28-12-15-10-8-7-9-11-15/h7-11,14,16-17H,12-13H2,1-6H3,(H,22,26)(H,23,24)/t16-,17-/m0/s1. The van der Waals surface area contributed by atoms with Gasteiger partial charge in [-0.25, -0.2) is 9.59 Å². The molecule has 0 spiro atoms. The normalized spacial score (nSPS) is 13.3. The van der Waals surface area contributed by atoms with E-state index in [1.54, 1.807) is 13.8 Å². The van der Waals surface area contributed by atoms with Crippen molar-refractivity contribution in [3.05, 3.63) is 35.9 Å². The van der Waals surface area contributed by atoms with Gasteiger partial charge in [-0.05, 0) is 32.3 Å². The number of ether oxygens (including phenoxy) is 3. The molecule has 2 N–H and O–H groups in total. The lowest BCUT2D eigenvalue weighted by Gasteiger charge is -2.27. The zero-order valence-corrected chi connectivity index (χ0v) is 18.0. The van der Waals surface area contributed by atoms with Crippen molar-refractivity contribution in [3.8, 4) is 0 Å². The first kappa shape index (κ1) is 24.4. The first-order valence-corrected chi connectivity index (χ1v) is 9.53. The Morgan fingerprint density at radius 2 is 1.66 bits per heavy atom. The van der Waals surface area contributed by atoms with Gasteiger partial charge in [0.1, 0.15) is 18.7 Å². The number of esters is 1. The fraction of sp³-hybridized carbons (Fsp3) is 0.571. The maximum Gasteiger partial charge on any atom is 0.408 e. The van der Waals surface area contributed by atoms with Crippen LogP contribution in [0, 0.1) is 5.92 Å². The summed E-state index contributed by atoms with van der Waals surface area (Å²) in [5.74, 6) is -1.31. The van der Waals surface area contributed by atoms with Crippen LogP contribution in [-0.4, -0.2) is 49.4 Å². The van der Waals surface area contributed by atoms with Gasteiger partial charge in [-0.2, -0.15) is 0 Å². The molecule has 0 fully saturated rings. The second kappa shape index (κ2) is 11.4. The second-order valence-corrected chi connectivity index (χ2v) is 7.94. The van der Waals surface area contributed by atoms with E-state index in [-0.39, 0.29) is 19.1 Å². The van der Waals surface area contributed by atoms with Crippen LogP contribution in [0.5, 0.6) is 0 Å². The maximum absolute atomic E-state index is 12.7. The molecule has 0 radical (unpaired) electrons. The van der Waals surface area contributed by atoms with E-state index in [0.717, 1.165) is 5.56 Å². The summed E-state index contributed by atoms with van der Waals surface area (Å²) < 4.78 is 15.6. The molecule has 8 nitrogen and oxygen atoms in total. The topological polar surface area (TPSA) is 103 Å². The predicted molar refractivity (Wildman–Crippen MR) is 108 cm³/mol. The van der Waals surface area contributed by atoms with Crippen LogP contribution in [0.3, 0.4) is 0 Å². The van der Waals surface area contributed by atoms with E-state index in [1.807, 2.05) is 51.1 Å². The third-order valence-corrected chi connectivity index (χ3v) is 3.92. The predicted octanol–water partition coefficient (Wildman–Crippen LogP) is 2.41. The Kier molecular flexibility index (Phi) is 9.61. The highest BCUT2D eigenvalue weighted by Crippen LogP contribution is 2.09. The van der Waals surface area contributed by atoms with Crippen molar-refractivity contribution >= 4 is 18.0 Å². The number of alkyl carbamates (subject to hydrolysis) is 1. The van der Waals surface area contributed by atoms with E-state index < -0.39 is 35.7 Å². The van der Waals surface area contributed by atoms with E-state index in [2.05, 4.69) is 10.6 Å². The van der Waals surface area contributed by atoms with Gasteiger partial charge < -0.3 is 24.8 Å². The quantitative estimate of drug-likeness (QED) is 0.608. The summed E-state index contributed by atoms with van der Waals surface area (Å²) >= 11 is 0. The van der Waals surface area contributed by atoms with Crippen LogP contribution in [0.25, 0.3) is 0 Å². The molecule has 0 unspecified atom stereocenters. The summed E-state index contributed by atoms with van der Waals surface area (Å²) in [7, 11) is 1.25. The SMILES string of the molecule is COC(=O)[C@@H](NC(=O)[C@H](COC(C)(C)C)NC(=O)OCc1ccccc1)C(C)C. The van der Waals surface area contributed by atoms with E-state index >= 15 is 0 Å². The van der Waals surface area contributed by atoms with Gasteiger partial charge in [-0.1, -0.05) is 44.2 Å². The van der Waals surface area contributed by atoms with Gasteiger partial charge in [0.05, 0.1) is 19.3 Å². The first-order valence-electron chi connectivity index (χ1n) is 9.53. The van der Waals surface area contributed by atoms with Crippen LogP contribution >= 0.6 is 0 Å². The van der Waals surface area contributed by atoms with Crippen LogP contribution in [0.1, 0.15) is 40.2 Å². The molecule has 0 aromatic heterocycles. The van der Waals surface area contributed by atoms with Crippen molar-refractivity contribution in [3.63, 3.8) is 0 Å². The van der Waals surface area contributed by atoms with Crippen molar-refractivity contribution < 1.29 is 28.6 Å². The van der Waals surface area contributed by atoms with E-state index in [4.69, 9.17) is 14.2 Å². The molecule has 0 aliphatic rings. The molecule has 2 atom stereocenters. The molecule has 0 bridgehead atoms. The average molecular weight is 408 g/mol. The third-order valence-electron chi connectivity index (χ3n) is 3.92. The summed E-state index contributed by atoms with van der Waals surface area (Å²) in [6.07, 6.45) is -0.759. The van der Waals surface area contributed by atoms with E-state index in [9.17, 15) is 14.4 Å². The van der Waals surface area contributed by atoms with Gasteiger partial charge in [-0.3, -0.25) is 4.79 Å². The minimum atomic E-state index is -1.04. The lowest BCUT2D eigenvalue weighted by molar-refractivity contribution is -0.147. The number of hydrogen-bond acceptors (Lipinski definition) is 6. The molecule has 8 heteroatoms. The largest absolute Gasteiger partial charge is 0.467 e. The van der Waals surface area contributed by atoms with Gasteiger partial charge in [0.2, 0.25) is 5.91 Å². The number of nitrogens with one attached hydrogen (secondary N) is 2. The average Bonchev–Trinajstić information content (AvgIpc) is 2.66. The van der Waals surface area contributed by atoms with Crippen molar-refractivity contribution in [1.82, 2.24) is 10.6 Å². The van der Waals surface area contributed by atoms with Crippen LogP contribution < -0.4 is 10.6 Å². The molecule has 2 amide bonds. The van der Waals surface area contributed by atoms with Gasteiger partial charge in [0, 0.05) is 0 Å². The van der Waals surface area contributed by atoms with E-state index in [0.29, 0.717) is 0 Å². The zero-order valence-electron chi connectivity index (χ0n) is 18.0. The Hall–Kier alpha value is -2.61. The van der Waals surface area contributed by atoms with Crippen LogP contribution in [0.15, 0.2) is 30.3 Å². The number of amides is 2. The second-order valence-electron chi connectivity index (χ2n) is 7.94. The zero-order chi connectivity index (χ0) is 22.0. The smallest absolute Gasteiger partial charge is 0.408 e. The molecule has 0 saturated carbocycles. The molecule has 162 valence electrons. The van der Waals surface area contributed by atoms with Gasteiger partial charge in [0.15, 0.2) is 0 Å². The Bertz CT molecular complexity index is 669. The molecule has 1 rings (SSSR count). The Morgan fingerprint density at radius 1 is 1.03 bits per heavy atom. The Labute approximate surface area is 172 Å². The van der Waals surface area contributed by atoms with Crippen molar-refractivity contribution in [2.24, 2.45) is 5.92 Å². The minimum Gasteiger partial charge on any atom is -0.467 e. The fourth-order valence-corrected chi connectivity index (χ4v) is 2.30.